The minimum Gasteiger partial charge on any atom is -0.486 e. The van der Waals surface area contributed by atoms with E-state index < -0.39 is 11.7 Å². The third-order valence-electron chi connectivity index (χ3n) is 5.17. The van der Waals surface area contributed by atoms with Gasteiger partial charge in [0.05, 0.1) is 35.8 Å². The van der Waals surface area contributed by atoms with Crippen LogP contribution >= 0.6 is 0 Å². The molecule has 0 atom stereocenters. The van der Waals surface area contributed by atoms with Crippen LogP contribution < -0.4 is 15.0 Å². The fourth-order valence-electron chi connectivity index (χ4n) is 3.70. The molecule has 9 heteroatoms. The summed E-state index contributed by atoms with van der Waals surface area (Å²) in [6.45, 7) is 6.87. The summed E-state index contributed by atoms with van der Waals surface area (Å²) >= 11 is 0. The molecule has 1 amide bonds. The molecule has 0 saturated carbocycles. The molecule has 0 radical (unpaired) electrons. The summed E-state index contributed by atoms with van der Waals surface area (Å²) in [5, 5.41) is 8.28. The average Bonchev–Trinajstić information content (AvgIpc) is 3.17. The maximum Gasteiger partial charge on any atom is 0.412 e. The predicted octanol–water partition coefficient (Wildman–Crippen LogP) is 4.12. The summed E-state index contributed by atoms with van der Waals surface area (Å²) in [5.74, 6) is 0.716. The Morgan fingerprint density at radius 1 is 1.19 bits per heavy atom. The summed E-state index contributed by atoms with van der Waals surface area (Å²) in [4.78, 5) is 23.8. The molecule has 4 aromatic rings. The normalized spacial score (nSPS) is 13.7. The number of ether oxygens (including phenoxy) is 2. The van der Waals surface area contributed by atoms with Gasteiger partial charge < -0.3 is 14.4 Å². The molecule has 0 spiro atoms. The van der Waals surface area contributed by atoms with Crippen molar-refractivity contribution in [2.45, 2.75) is 26.4 Å². The molecule has 0 bridgehead atoms. The average molecular weight is 432 g/mol. The first-order valence-electron chi connectivity index (χ1n) is 10.4. The molecular formula is C23H24N6O3. The summed E-state index contributed by atoms with van der Waals surface area (Å²) in [5.41, 5.74) is 3.60. The van der Waals surface area contributed by atoms with Gasteiger partial charge in [0.2, 0.25) is 0 Å². The number of fused-ring (bicyclic) bond motifs is 4. The number of carbonyl (C=O) groups is 1. The number of hydrogen-bond donors (Lipinski definition) is 1. The Morgan fingerprint density at radius 2 is 2.03 bits per heavy atom. The van der Waals surface area contributed by atoms with E-state index in [-0.39, 0.29) is 0 Å². The zero-order valence-corrected chi connectivity index (χ0v) is 18.4. The summed E-state index contributed by atoms with van der Waals surface area (Å²) < 4.78 is 13.0. The lowest BCUT2D eigenvalue weighted by atomic mass is 10.1. The van der Waals surface area contributed by atoms with E-state index in [9.17, 15) is 4.79 Å². The monoisotopic (exact) mass is 432 g/mol. The van der Waals surface area contributed by atoms with Gasteiger partial charge in [-0.15, -0.1) is 0 Å². The van der Waals surface area contributed by atoms with E-state index in [1.165, 1.54) is 0 Å². The Balaban J connectivity index is 1.57. The van der Waals surface area contributed by atoms with Gasteiger partial charge in [0.15, 0.2) is 11.4 Å². The number of imidazole rings is 1. The van der Waals surface area contributed by atoms with Crippen LogP contribution in [0.1, 0.15) is 20.8 Å². The van der Waals surface area contributed by atoms with Gasteiger partial charge in [-0.3, -0.25) is 5.32 Å². The van der Waals surface area contributed by atoms with Crippen molar-refractivity contribution in [3.63, 3.8) is 0 Å². The molecule has 0 unspecified atom stereocenters. The number of amides is 1. The largest absolute Gasteiger partial charge is 0.486 e. The van der Waals surface area contributed by atoms with Gasteiger partial charge >= 0.3 is 6.09 Å². The van der Waals surface area contributed by atoms with Gasteiger partial charge in [-0.1, -0.05) is 18.2 Å². The fourth-order valence-corrected chi connectivity index (χ4v) is 3.70. The second-order valence-corrected chi connectivity index (χ2v) is 8.71. The van der Waals surface area contributed by atoms with E-state index in [0.29, 0.717) is 34.9 Å². The number of para-hydroxylation sites is 1. The number of rotatable bonds is 2. The quantitative estimate of drug-likeness (QED) is 0.509. The van der Waals surface area contributed by atoms with Crippen molar-refractivity contribution in [3.8, 4) is 17.1 Å². The lowest BCUT2D eigenvalue weighted by Crippen LogP contribution is -2.29. The van der Waals surface area contributed by atoms with Crippen LogP contribution in [0.2, 0.25) is 0 Å². The molecule has 32 heavy (non-hydrogen) atoms. The Labute approximate surface area is 185 Å². The first kappa shape index (κ1) is 20.0. The van der Waals surface area contributed by atoms with E-state index in [1.54, 1.807) is 23.0 Å². The molecule has 1 aliphatic rings. The van der Waals surface area contributed by atoms with Crippen molar-refractivity contribution in [1.29, 1.82) is 0 Å². The lowest BCUT2D eigenvalue weighted by molar-refractivity contribution is 0.0636. The van der Waals surface area contributed by atoms with E-state index in [2.05, 4.69) is 20.3 Å². The lowest BCUT2D eigenvalue weighted by Gasteiger charge is -2.27. The van der Waals surface area contributed by atoms with Crippen LogP contribution in [0, 0.1) is 0 Å². The maximum atomic E-state index is 12.3. The highest BCUT2D eigenvalue weighted by Gasteiger charge is 2.22. The van der Waals surface area contributed by atoms with Crippen LogP contribution in [0.3, 0.4) is 0 Å². The molecule has 4 heterocycles. The van der Waals surface area contributed by atoms with Crippen molar-refractivity contribution < 1.29 is 14.3 Å². The van der Waals surface area contributed by atoms with Gasteiger partial charge in [-0.05, 0) is 32.9 Å². The molecule has 164 valence electrons. The van der Waals surface area contributed by atoms with Crippen molar-refractivity contribution in [2.24, 2.45) is 0 Å². The molecule has 1 aromatic carbocycles. The minimum absolute atomic E-state index is 0.526. The van der Waals surface area contributed by atoms with Crippen LogP contribution in [0.5, 0.6) is 5.75 Å². The van der Waals surface area contributed by atoms with Gasteiger partial charge in [0.25, 0.3) is 0 Å². The molecule has 0 saturated heterocycles. The number of nitrogens with zero attached hydrogens (tertiary/aromatic N) is 5. The third kappa shape index (κ3) is 3.55. The fraction of sp³-hybridized carbons (Fsp3) is 0.304. The Bertz CT molecular complexity index is 1340. The second-order valence-electron chi connectivity index (χ2n) is 8.71. The van der Waals surface area contributed by atoms with E-state index in [1.807, 2.05) is 52.1 Å². The maximum absolute atomic E-state index is 12.3. The molecule has 0 aliphatic carbocycles. The highest BCUT2D eigenvalue weighted by Crippen LogP contribution is 2.35. The van der Waals surface area contributed by atoms with Crippen molar-refractivity contribution in [2.75, 3.05) is 30.4 Å². The SMILES string of the molecule is CN1CCOc2c1cnn1c(-c3ccc4cccc(NC(=O)OC(C)(C)C)c4n3)cnc21. The van der Waals surface area contributed by atoms with Gasteiger partial charge in [0.1, 0.15) is 23.6 Å². The van der Waals surface area contributed by atoms with Gasteiger partial charge in [0, 0.05) is 12.4 Å². The van der Waals surface area contributed by atoms with E-state index >= 15 is 0 Å². The minimum atomic E-state index is -0.593. The topological polar surface area (TPSA) is 93.9 Å². The van der Waals surface area contributed by atoms with Crippen molar-refractivity contribution >= 4 is 34.0 Å². The van der Waals surface area contributed by atoms with Crippen molar-refractivity contribution in [1.82, 2.24) is 19.6 Å². The third-order valence-corrected chi connectivity index (χ3v) is 5.17. The number of benzene rings is 1. The molecule has 1 aliphatic heterocycles. The zero-order valence-electron chi connectivity index (χ0n) is 18.4. The molecule has 5 rings (SSSR count). The van der Waals surface area contributed by atoms with Crippen molar-refractivity contribution in [3.05, 3.63) is 42.7 Å². The highest BCUT2D eigenvalue weighted by atomic mass is 16.6. The van der Waals surface area contributed by atoms with E-state index in [0.717, 1.165) is 23.3 Å². The molecule has 9 nitrogen and oxygen atoms in total. The van der Waals surface area contributed by atoms with E-state index in [4.69, 9.17) is 14.5 Å². The smallest absolute Gasteiger partial charge is 0.412 e. The van der Waals surface area contributed by atoms with Gasteiger partial charge in [-0.25, -0.2) is 19.3 Å². The number of carbonyl (C=O) groups excluding carboxylic acids is 1. The van der Waals surface area contributed by atoms with Crippen LogP contribution in [0.4, 0.5) is 16.2 Å². The number of nitrogens with one attached hydrogen (secondary N) is 1. The van der Waals surface area contributed by atoms with Crippen LogP contribution in [-0.2, 0) is 4.74 Å². The second kappa shape index (κ2) is 7.37. The van der Waals surface area contributed by atoms with Crippen LogP contribution in [0.25, 0.3) is 27.9 Å². The highest BCUT2D eigenvalue weighted by molar-refractivity contribution is 5.98. The van der Waals surface area contributed by atoms with Gasteiger partial charge in [-0.2, -0.15) is 5.10 Å². The number of pyridine rings is 1. The first-order chi connectivity index (χ1) is 15.3. The standard InChI is InChI=1S/C23H24N6O3/c1-23(2,3)32-22(30)27-16-7-5-6-14-8-9-15(26-19(14)16)17-12-24-21-20-18(13-25-29(17)21)28(4)10-11-31-20/h5-9,12-13H,10-11H2,1-4H3,(H,27,30). The first-order valence-corrected chi connectivity index (χ1v) is 10.4. The Hall–Kier alpha value is -3.88. The molecule has 0 fully saturated rings. The zero-order chi connectivity index (χ0) is 22.5. The van der Waals surface area contributed by atoms with Crippen LogP contribution in [0.15, 0.2) is 42.7 Å². The number of likely N-dealkylation sites (N-methyl/N-ethyl adjacent to an activating group) is 1. The Kier molecular flexibility index (Phi) is 4.61. The number of anilines is 2. The number of aromatic nitrogens is 4. The summed E-state index contributed by atoms with van der Waals surface area (Å²) in [6, 6.07) is 9.48. The predicted molar refractivity (Wildman–Crippen MR) is 122 cm³/mol. The molecule has 1 N–H and O–H groups in total. The van der Waals surface area contributed by atoms with Crippen LogP contribution in [-0.4, -0.2) is 51.5 Å². The summed E-state index contributed by atoms with van der Waals surface area (Å²) in [7, 11) is 2.01. The summed E-state index contributed by atoms with van der Waals surface area (Å²) in [6.07, 6.45) is 2.99. The molecule has 3 aromatic heterocycles. The molecular weight excluding hydrogens is 408 g/mol. The Morgan fingerprint density at radius 3 is 2.84 bits per heavy atom. The number of hydrogen-bond acceptors (Lipinski definition) is 7.